The molecule has 0 saturated heterocycles. The van der Waals surface area contributed by atoms with Gasteiger partial charge in [-0.3, -0.25) is 0 Å². The number of aryl methyl sites for hydroxylation is 1. The average Bonchev–Trinajstić information content (AvgIpc) is 2.72. The molecule has 0 aliphatic carbocycles. The van der Waals surface area contributed by atoms with Gasteiger partial charge in [-0.15, -0.1) is 0 Å². The molecule has 0 aliphatic rings. The zero-order chi connectivity index (χ0) is 13.2. The van der Waals surface area contributed by atoms with E-state index in [1.165, 1.54) is 16.8 Å². The van der Waals surface area contributed by atoms with Crippen molar-refractivity contribution in [2.24, 2.45) is 7.05 Å². The molecule has 1 heterocycles. The summed E-state index contributed by atoms with van der Waals surface area (Å²) in [5, 5.41) is 3.44. The third-order valence-corrected chi connectivity index (χ3v) is 3.14. The summed E-state index contributed by atoms with van der Waals surface area (Å²) >= 11 is 0. The molecular formula is C16H22N2. The van der Waals surface area contributed by atoms with Gasteiger partial charge in [0.05, 0.1) is 0 Å². The van der Waals surface area contributed by atoms with Gasteiger partial charge >= 0.3 is 0 Å². The first-order chi connectivity index (χ1) is 8.45. The minimum absolute atomic E-state index is 0.220. The van der Waals surface area contributed by atoms with Gasteiger partial charge in [0.2, 0.25) is 0 Å². The van der Waals surface area contributed by atoms with Gasteiger partial charge in [0, 0.05) is 31.7 Å². The highest BCUT2D eigenvalue weighted by molar-refractivity contribution is 5.46. The van der Waals surface area contributed by atoms with E-state index >= 15 is 0 Å². The summed E-state index contributed by atoms with van der Waals surface area (Å²) in [7, 11) is 2.04. The summed E-state index contributed by atoms with van der Waals surface area (Å²) in [5.74, 6) is 0. The fourth-order valence-corrected chi connectivity index (χ4v) is 1.96. The van der Waals surface area contributed by atoms with Crippen molar-refractivity contribution in [1.29, 1.82) is 0 Å². The molecule has 0 unspecified atom stereocenters. The van der Waals surface area contributed by atoms with Gasteiger partial charge < -0.3 is 9.88 Å². The van der Waals surface area contributed by atoms with E-state index in [9.17, 15) is 0 Å². The Morgan fingerprint density at radius 1 is 1.06 bits per heavy atom. The van der Waals surface area contributed by atoms with Gasteiger partial charge in [-0.25, -0.2) is 0 Å². The predicted molar refractivity (Wildman–Crippen MR) is 77.9 cm³/mol. The van der Waals surface area contributed by atoms with E-state index in [1.807, 2.05) is 7.05 Å². The molecule has 1 aromatic carbocycles. The lowest BCUT2D eigenvalue weighted by Gasteiger charge is -2.19. The highest BCUT2D eigenvalue weighted by Gasteiger charge is 2.12. The molecule has 0 amide bonds. The molecular weight excluding hydrogens is 220 g/mol. The molecule has 1 aromatic heterocycles. The summed E-state index contributed by atoms with van der Waals surface area (Å²) in [4.78, 5) is 0. The highest BCUT2D eigenvalue weighted by atomic mass is 14.9. The Morgan fingerprint density at radius 2 is 1.72 bits per heavy atom. The molecule has 2 rings (SSSR count). The summed E-state index contributed by atoms with van der Waals surface area (Å²) < 4.78 is 2.07. The molecule has 0 spiro atoms. The molecule has 0 aliphatic heterocycles. The van der Waals surface area contributed by atoms with Crippen LogP contribution in [0.2, 0.25) is 0 Å². The fourth-order valence-electron chi connectivity index (χ4n) is 1.96. The number of anilines is 1. The smallest absolute Gasteiger partial charge is 0.0415 e. The minimum Gasteiger partial charge on any atom is -0.381 e. The van der Waals surface area contributed by atoms with Crippen molar-refractivity contribution < 1.29 is 0 Å². The minimum atomic E-state index is 0.220. The topological polar surface area (TPSA) is 17.0 Å². The van der Waals surface area contributed by atoms with E-state index < -0.39 is 0 Å². The quantitative estimate of drug-likeness (QED) is 0.862. The lowest BCUT2D eigenvalue weighted by atomic mass is 9.87. The van der Waals surface area contributed by atoms with E-state index in [1.54, 1.807) is 0 Å². The molecule has 18 heavy (non-hydrogen) atoms. The van der Waals surface area contributed by atoms with Crippen molar-refractivity contribution in [2.75, 3.05) is 5.32 Å². The monoisotopic (exact) mass is 242 g/mol. The molecule has 0 fully saturated rings. The van der Waals surface area contributed by atoms with Crippen molar-refractivity contribution in [2.45, 2.75) is 32.7 Å². The van der Waals surface area contributed by atoms with Gasteiger partial charge in [0.1, 0.15) is 0 Å². The molecule has 96 valence electrons. The van der Waals surface area contributed by atoms with Crippen molar-refractivity contribution in [3.63, 3.8) is 0 Å². The maximum Gasteiger partial charge on any atom is 0.0415 e. The molecule has 2 heteroatoms. The second-order valence-electron chi connectivity index (χ2n) is 5.87. The SMILES string of the molecule is Cn1ccc(CNc2ccc(C(C)(C)C)cc2)c1. The van der Waals surface area contributed by atoms with Crippen LogP contribution in [0.5, 0.6) is 0 Å². The second-order valence-corrected chi connectivity index (χ2v) is 5.87. The number of nitrogens with one attached hydrogen (secondary N) is 1. The van der Waals surface area contributed by atoms with Crippen LogP contribution in [-0.2, 0) is 19.0 Å². The molecule has 2 aromatic rings. The summed E-state index contributed by atoms with van der Waals surface area (Å²) in [6.07, 6.45) is 4.20. The van der Waals surface area contributed by atoms with Crippen LogP contribution in [-0.4, -0.2) is 4.57 Å². The molecule has 2 nitrogen and oxygen atoms in total. The van der Waals surface area contributed by atoms with E-state index in [0.29, 0.717) is 0 Å². The predicted octanol–water partition coefficient (Wildman–Crippen LogP) is 3.93. The summed E-state index contributed by atoms with van der Waals surface area (Å²) in [6, 6.07) is 10.9. The van der Waals surface area contributed by atoms with E-state index in [2.05, 4.69) is 73.4 Å². The third-order valence-electron chi connectivity index (χ3n) is 3.14. The van der Waals surface area contributed by atoms with Crippen LogP contribution in [0.15, 0.2) is 42.7 Å². The first-order valence-electron chi connectivity index (χ1n) is 6.40. The standard InChI is InChI=1S/C16H22N2/c1-16(2,3)14-5-7-15(8-6-14)17-11-13-9-10-18(4)12-13/h5-10,12,17H,11H2,1-4H3. The Bertz CT molecular complexity index is 501. The van der Waals surface area contributed by atoms with Crippen LogP contribution in [0, 0.1) is 0 Å². The van der Waals surface area contributed by atoms with E-state index in [0.717, 1.165) is 6.54 Å². The maximum atomic E-state index is 3.44. The average molecular weight is 242 g/mol. The van der Waals surface area contributed by atoms with Crippen molar-refractivity contribution in [1.82, 2.24) is 4.57 Å². The molecule has 0 radical (unpaired) electrons. The number of hydrogen-bond acceptors (Lipinski definition) is 1. The van der Waals surface area contributed by atoms with Crippen molar-refractivity contribution >= 4 is 5.69 Å². The first-order valence-corrected chi connectivity index (χ1v) is 6.40. The zero-order valence-corrected chi connectivity index (χ0v) is 11.7. The van der Waals surface area contributed by atoms with Crippen molar-refractivity contribution in [3.8, 4) is 0 Å². The van der Waals surface area contributed by atoms with Crippen LogP contribution in [0.3, 0.4) is 0 Å². The van der Waals surface area contributed by atoms with Gasteiger partial charge in [0.25, 0.3) is 0 Å². The van der Waals surface area contributed by atoms with E-state index in [-0.39, 0.29) is 5.41 Å². The lowest BCUT2D eigenvalue weighted by molar-refractivity contribution is 0.590. The Labute approximate surface area is 110 Å². The van der Waals surface area contributed by atoms with Crippen LogP contribution in [0.4, 0.5) is 5.69 Å². The highest BCUT2D eigenvalue weighted by Crippen LogP contribution is 2.23. The summed E-state index contributed by atoms with van der Waals surface area (Å²) in [6.45, 7) is 7.58. The Morgan fingerprint density at radius 3 is 2.22 bits per heavy atom. The fraction of sp³-hybridized carbons (Fsp3) is 0.375. The Kier molecular flexibility index (Phi) is 3.46. The first kappa shape index (κ1) is 12.7. The summed E-state index contributed by atoms with van der Waals surface area (Å²) in [5.41, 5.74) is 4.06. The lowest BCUT2D eigenvalue weighted by Crippen LogP contribution is -2.10. The number of nitrogens with zero attached hydrogens (tertiary/aromatic N) is 1. The Hall–Kier alpha value is -1.70. The molecule has 0 atom stereocenters. The third kappa shape index (κ3) is 3.16. The van der Waals surface area contributed by atoms with Gasteiger partial charge in [-0.1, -0.05) is 32.9 Å². The van der Waals surface area contributed by atoms with Crippen LogP contribution in [0.1, 0.15) is 31.9 Å². The zero-order valence-electron chi connectivity index (χ0n) is 11.7. The van der Waals surface area contributed by atoms with Crippen molar-refractivity contribution in [3.05, 3.63) is 53.9 Å². The Balaban J connectivity index is 1.98. The van der Waals surface area contributed by atoms with Gasteiger partial charge in [-0.05, 0) is 34.7 Å². The normalized spacial score (nSPS) is 11.6. The number of rotatable bonds is 3. The number of benzene rings is 1. The number of aromatic nitrogens is 1. The van der Waals surface area contributed by atoms with Gasteiger partial charge in [0.15, 0.2) is 0 Å². The molecule has 0 saturated carbocycles. The second kappa shape index (κ2) is 4.89. The number of hydrogen-bond donors (Lipinski definition) is 1. The van der Waals surface area contributed by atoms with Gasteiger partial charge in [-0.2, -0.15) is 0 Å². The molecule has 0 bridgehead atoms. The van der Waals surface area contributed by atoms with Crippen LogP contribution in [0.25, 0.3) is 0 Å². The largest absolute Gasteiger partial charge is 0.381 e. The maximum absolute atomic E-state index is 3.44. The molecule has 1 N–H and O–H groups in total. The van der Waals surface area contributed by atoms with E-state index in [4.69, 9.17) is 0 Å². The van der Waals surface area contributed by atoms with Crippen LogP contribution >= 0.6 is 0 Å². The van der Waals surface area contributed by atoms with Crippen LogP contribution < -0.4 is 5.32 Å².